The van der Waals surface area contributed by atoms with E-state index >= 15 is 0 Å². The molecule has 4 heteroatoms. The molecule has 0 saturated carbocycles. The zero-order valence-corrected chi connectivity index (χ0v) is 20.5. The molecule has 0 radical (unpaired) electrons. The minimum absolute atomic E-state index is 0.00153. The molecule has 3 nitrogen and oxygen atoms in total. The minimum atomic E-state index is -2.64. The molecule has 0 N–H and O–H groups in total. The third-order valence-corrected chi connectivity index (χ3v) is 10.9. The Morgan fingerprint density at radius 3 is 1.84 bits per heavy atom. The van der Waals surface area contributed by atoms with Crippen molar-refractivity contribution in [2.24, 2.45) is 11.8 Å². The molecule has 0 aliphatic heterocycles. The maximum atomic E-state index is 11.9. The van der Waals surface area contributed by atoms with Gasteiger partial charge in [0, 0.05) is 24.5 Å². The van der Waals surface area contributed by atoms with Crippen LogP contribution in [0, 0.1) is 11.8 Å². The normalized spacial score (nSPS) is 14.9. The lowest BCUT2D eigenvalue weighted by atomic mass is 9.94. The van der Waals surface area contributed by atoms with Crippen LogP contribution in [-0.2, 0) is 14.0 Å². The number of carbonyl (C=O) groups excluding carboxylic acids is 1. The summed E-state index contributed by atoms with van der Waals surface area (Å²) in [6, 6.07) is 21.1. The van der Waals surface area contributed by atoms with E-state index in [0.29, 0.717) is 6.61 Å². The minimum Gasteiger partial charge on any atom is -0.458 e. The van der Waals surface area contributed by atoms with E-state index in [-0.39, 0.29) is 23.0 Å². The van der Waals surface area contributed by atoms with Gasteiger partial charge in [0.15, 0.2) is 0 Å². The highest BCUT2D eigenvalue weighted by atomic mass is 28.4. The third-order valence-electron chi connectivity index (χ3n) is 5.85. The smallest absolute Gasteiger partial charge is 0.330 e. The van der Waals surface area contributed by atoms with Gasteiger partial charge in [-0.15, -0.1) is 6.58 Å². The van der Waals surface area contributed by atoms with Crippen molar-refractivity contribution in [3.05, 3.63) is 86.0 Å². The zero-order valence-electron chi connectivity index (χ0n) is 19.5. The van der Waals surface area contributed by atoms with Crippen molar-refractivity contribution >= 4 is 24.7 Å². The molecule has 2 rings (SSSR count). The standard InChI is InChI=1S/C27H36O3Si/c1-8-21(3)26(30-25(28)9-2)22(4)20-29-31(27(5,6)7,23-16-12-10-13-17-23)24-18-14-11-15-19-24/h8-19,21-22,26H,1-2,20H2,3-7H3/t21-,22-,26+/m0/s1. The van der Waals surface area contributed by atoms with Gasteiger partial charge in [0.1, 0.15) is 6.10 Å². The maximum absolute atomic E-state index is 11.9. The van der Waals surface area contributed by atoms with Crippen LogP contribution in [0.25, 0.3) is 0 Å². The third kappa shape index (κ3) is 5.63. The van der Waals surface area contributed by atoms with E-state index in [0.717, 1.165) is 0 Å². The first-order chi connectivity index (χ1) is 14.7. The number of benzene rings is 2. The van der Waals surface area contributed by atoms with E-state index < -0.39 is 14.3 Å². The van der Waals surface area contributed by atoms with Crippen LogP contribution >= 0.6 is 0 Å². The van der Waals surface area contributed by atoms with E-state index in [4.69, 9.17) is 9.16 Å². The molecular weight excluding hydrogens is 400 g/mol. The number of hydrogen-bond donors (Lipinski definition) is 0. The Balaban J connectivity index is 2.47. The van der Waals surface area contributed by atoms with E-state index in [1.165, 1.54) is 16.4 Å². The predicted octanol–water partition coefficient (Wildman–Crippen LogP) is 5.12. The Kier molecular flexibility index (Phi) is 8.60. The lowest BCUT2D eigenvalue weighted by Gasteiger charge is -2.44. The molecule has 0 saturated heterocycles. The molecule has 0 bridgehead atoms. The summed E-state index contributed by atoms with van der Waals surface area (Å²) in [5, 5.41) is 2.36. The van der Waals surface area contributed by atoms with Gasteiger partial charge >= 0.3 is 5.97 Å². The Bertz CT molecular complexity index is 816. The van der Waals surface area contributed by atoms with Crippen LogP contribution in [0.15, 0.2) is 86.0 Å². The Hall–Kier alpha value is -2.43. The molecule has 0 spiro atoms. The van der Waals surface area contributed by atoms with Crippen molar-refractivity contribution in [3.8, 4) is 0 Å². The van der Waals surface area contributed by atoms with Gasteiger partial charge in [-0.3, -0.25) is 0 Å². The summed E-state index contributed by atoms with van der Waals surface area (Å²) in [6.45, 7) is 18.7. The Morgan fingerprint density at radius 2 is 1.45 bits per heavy atom. The lowest BCUT2D eigenvalue weighted by molar-refractivity contribution is -0.148. The van der Waals surface area contributed by atoms with Crippen molar-refractivity contribution in [1.29, 1.82) is 0 Å². The fourth-order valence-electron chi connectivity index (χ4n) is 4.17. The summed E-state index contributed by atoms with van der Waals surface area (Å²) < 4.78 is 12.7. The summed E-state index contributed by atoms with van der Waals surface area (Å²) in [6.07, 6.45) is 2.69. The number of esters is 1. The highest BCUT2D eigenvalue weighted by molar-refractivity contribution is 6.99. The second kappa shape index (κ2) is 10.7. The second-order valence-corrected chi connectivity index (χ2v) is 13.5. The van der Waals surface area contributed by atoms with Crippen LogP contribution in [0.5, 0.6) is 0 Å². The molecule has 0 aliphatic carbocycles. The van der Waals surface area contributed by atoms with Crippen LogP contribution in [0.2, 0.25) is 5.04 Å². The summed E-state index contributed by atoms with van der Waals surface area (Å²) >= 11 is 0. The van der Waals surface area contributed by atoms with Crippen molar-refractivity contribution in [1.82, 2.24) is 0 Å². The van der Waals surface area contributed by atoms with Crippen LogP contribution in [0.1, 0.15) is 34.6 Å². The van der Waals surface area contributed by atoms with Crippen LogP contribution in [0.4, 0.5) is 0 Å². The molecule has 2 aromatic rings. The van der Waals surface area contributed by atoms with Gasteiger partial charge < -0.3 is 9.16 Å². The Labute approximate surface area is 188 Å². The summed E-state index contributed by atoms with van der Waals surface area (Å²) in [5.41, 5.74) is 0. The lowest BCUT2D eigenvalue weighted by Crippen LogP contribution is -2.67. The van der Waals surface area contributed by atoms with E-state index in [2.05, 4.69) is 89.4 Å². The van der Waals surface area contributed by atoms with Crippen LogP contribution in [0.3, 0.4) is 0 Å². The molecule has 0 fully saturated rings. The monoisotopic (exact) mass is 436 g/mol. The molecule has 2 aromatic carbocycles. The molecule has 0 aromatic heterocycles. The van der Waals surface area contributed by atoms with E-state index in [1.54, 1.807) is 0 Å². The molecule has 3 atom stereocenters. The van der Waals surface area contributed by atoms with Crippen molar-refractivity contribution in [2.75, 3.05) is 6.61 Å². The van der Waals surface area contributed by atoms with Crippen molar-refractivity contribution < 1.29 is 14.0 Å². The van der Waals surface area contributed by atoms with Gasteiger partial charge in [0.05, 0.1) is 0 Å². The molecule has 0 unspecified atom stereocenters. The van der Waals surface area contributed by atoms with Gasteiger partial charge in [-0.05, 0) is 15.4 Å². The summed E-state index contributed by atoms with van der Waals surface area (Å²) in [7, 11) is -2.64. The molecule has 0 aliphatic rings. The predicted molar refractivity (Wildman–Crippen MR) is 132 cm³/mol. The molecular formula is C27H36O3Si. The maximum Gasteiger partial charge on any atom is 0.330 e. The number of carbonyl (C=O) groups is 1. The van der Waals surface area contributed by atoms with Gasteiger partial charge in [0.25, 0.3) is 8.32 Å². The average molecular weight is 437 g/mol. The number of hydrogen-bond acceptors (Lipinski definition) is 3. The average Bonchev–Trinajstić information content (AvgIpc) is 2.77. The highest BCUT2D eigenvalue weighted by Crippen LogP contribution is 2.37. The SMILES string of the molecule is C=CC(=O)O[C@H]([C@@H](C)C=C)[C@@H](C)CO[Si](c1ccccc1)(c1ccccc1)C(C)(C)C. The van der Waals surface area contributed by atoms with Crippen molar-refractivity contribution in [3.63, 3.8) is 0 Å². The summed E-state index contributed by atoms with van der Waals surface area (Å²) in [4.78, 5) is 11.9. The van der Waals surface area contributed by atoms with E-state index in [1.807, 2.05) is 25.1 Å². The number of rotatable bonds is 10. The second-order valence-electron chi connectivity index (χ2n) is 9.15. The molecule has 0 heterocycles. The number of ether oxygens (including phenoxy) is 1. The molecule has 0 amide bonds. The fraction of sp³-hybridized carbons (Fsp3) is 0.370. The molecule has 31 heavy (non-hydrogen) atoms. The van der Waals surface area contributed by atoms with Gasteiger partial charge in [-0.1, -0.05) is 108 Å². The summed E-state index contributed by atoms with van der Waals surface area (Å²) in [5.74, 6) is -0.434. The first kappa shape index (κ1) is 24.8. The van der Waals surface area contributed by atoms with Crippen LogP contribution in [-0.4, -0.2) is 27.0 Å². The largest absolute Gasteiger partial charge is 0.458 e. The van der Waals surface area contributed by atoms with Gasteiger partial charge in [-0.25, -0.2) is 4.79 Å². The van der Waals surface area contributed by atoms with Crippen LogP contribution < -0.4 is 10.4 Å². The molecule has 166 valence electrons. The van der Waals surface area contributed by atoms with E-state index in [9.17, 15) is 4.79 Å². The first-order valence-electron chi connectivity index (χ1n) is 10.9. The first-order valence-corrected chi connectivity index (χ1v) is 12.8. The van der Waals surface area contributed by atoms with Gasteiger partial charge in [0.2, 0.25) is 0 Å². The quantitative estimate of drug-likeness (QED) is 0.224. The highest BCUT2D eigenvalue weighted by Gasteiger charge is 2.50. The van der Waals surface area contributed by atoms with Crippen molar-refractivity contribution in [2.45, 2.75) is 45.8 Å². The topological polar surface area (TPSA) is 35.5 Å². The Morgan fingerprint density at radius 1 is 0.968 bits per heavy atom. The fourth-order valence-corrected chi connectivity index (χ4v) is 8.84. The zero-order chi connectivity index (χ0) is 23.1. The van der Waals surface area contributed by atoms with Gasteiger partial charge in [-0.2, -0.15) is 0 Å².